The molecule has 2 aliphatic rings. The first-order valence-corrected chi connectivity index (χ1v) is 8.37. The molecule has 0 bridgehead atoms. The third kappa shape index (κ3) is 4.45. The van der Waals surface area contributed by atoms with Crippen LogP contribution in [0, 0.1) is 0 Å². The van der Waals surface area contributed by atoms with Crippen molar-refractivity contribution in [2.45, 2.75) is 52.0 Å². The zero-order chi connectivity index (χ0) is 15.1. The van der Waals surface area contributed by atoms with Gasteiger partial charge in [-0.25, -0.2) is 14.8 Å². The fourth-order valence-electron chi connectivity index (χ4n) is 3.06. The minimum absolute atomic E-state index is 0.207. The van der Waals surface area contributed by atoms with E-state index in [1.165, 1.54) is 18.4 Å². The Bertz CT molecular complexity index is 365. The zero-order valence-electron chi connectivity index (χ0n) is 13.4. The SMILES string of the molecule is CCCCN(C(=O)OCC)N1CC=C([C@@H]2CCCN2)CC1. The molecule has 0 radical (unpaired) electrons. The Labute approximate surface area is 128 Å². The third-order valence-electron chi connectivity index (χ3n) is 4.27. The minimum atomic E-state index is -0.207. The van der Waals surface area contributed by atoms with Crippen molar-refractivity contribution >= 4 is 6.09 Å². The molecular formula is C16H29N3O2. The lowest BCUT2D eigenvalue weighted by Crippen LogP contribution is -2.49. The second-order valence-electron chi connectivity index (χ2n) is 5.77. The summed E-state index contributed by atoms with van der Waals surface area (Å²) in [7, 11) is 0. The van der Waals surface area contributed by atoms with Gasteiger partial charge >= 0.3 is 6.09 Å². The van der Waals surface area contributed by atoms with Crippen molar-refractivity contribution in [3.8, 4) is 0 Å². The molecular weight excluding hydrogens is 266 g/mol. The molecule has 0 saturated carbocycles. The smallest absolute Gasteiger partial charge is 0.424 e. The van der Waals surface area contributed by atoms with E-state index >= 15 is 0 Å². The molecule has 1 atom stereocenters. The molecule has 0 aliphatic carbocycles. The highest BCUT2D eigenvalue weighted by Crippen LogP contribution is 2.22. The van der Waals surface area contributed by atoms with Gasteiger partial charge < -0.3 is 10.1 Å². The average Bonchev–Trinajstić information content (AvgIpc) is 3.03. The number of nitrogens with zero attached hydrogens (tertiary/aromatic N) is 2. The summed E-state index contributed by atoms with van der Waals surface area (Å²) in [5.74, 6) is 0. The Morgan fingerprint density at radius 2 is 2.38 bits per heavy atom. The van der Waals surface area contributed by atoms with Crippen LogP contribution in [0.5, 0.6) is 0 Å². The number of nitrogens with one attached hydrogen (secondary N) is 1. The van der Waals surface area contributed by atoms with Crippen LogP contribution >= 0.6 is 0 Å². The zero-order valence-corrected chi connectivity index (χ0v) is 13.4. The summed E-state index contributed by atoms with van der Waals surface area (Å²) in [5, 5.41) is 7.48. The van der Waals surface area contributed by atoms with Crippen LogP contribution < -0.4 is 5.32 Å². The molecule has 1 saturated heterocycles. The summed E-state index contributed by atoms with van der Waals surface area (Å²) < 4.78 is 5.19. The lowest BCUT2D eigenvalue weighted by Gasteiger charge is -2.36. The fraction of sp³-hybridized carbons (Fsp3) is 0.812. The number of hydrogen-bond donors (Lipinski definition) is 1. The third-order valence-corrected chi connectivity index (χ3v) is 4.27. The van der Waals surface area contributed by atoms with Crippen LogP contribution in [-0.4, -0.2) is 54.9 Å². The maximum absolute atomic E-state index is 12.1. The predicted molar refractivity (Wildman–Crippen MR) is 83.9 cm³/mol. The molecule has 2 heterocycles. The maximum atomic E-state index is 12.1. The average molecular weight is 295 g/mol. The molecule has 1 N–H and O–H groups in total. The van der Waals surface area contributed by atoms with E-state index in [0.29, 0.717) is 12.6 Å². The summed E-state index contributed by atoms with van der Waals surface area (Å²) in [6.07, 6.45) is 7.75. The van der Waals surface area contributed by atoms with E-state index in [9.17, 15) is 4.79 Å². The van der Waals surface area contributed by atoms with Gasteiger partial charge in [-0.15, -0.1) is 0 Å². The van der Waals surface area contributed by atoms with Gasteiger partial charge in [0.05, 0.1) is 6.61 Å². The first-order chi connectivity index (χ1) is 10.3. The number of hydrazine groups is 1. The predicted octanol–water partition coefficient (Wildman–Crippen LogP) is 2.54. The Kier molecular flexibility index (Phi) is 6.51. The van der Waals surface area contributed by atoms with Gasteiger partial charge in [-0.2, -0.15) is 0 Å². The molecule has 0 aromatic carbocycles. The Balaban J connectivity index is 1.93. The summed E-state index contributed by atoms with van der Waals surface area (Å²) in [6, 6.07) is 0.568. The van der Waals surface area contributed by atoms with E-state index in [2.05, 4.69) is 23.3 Å². The highest BCUT2D eigenvalue weighted by atomic mass is 16.6. The largest absolute Gasteiger partial charge is 0.449 e. The number of carbonyl (C=O) groups excluding carboxylic acids is 1. The molecule has 1 fully saturated rings. The molecule has 2 aliphatic heterocycles. The first-order valence-electron chi connectivity index (χ1n) is 8.37. The molecule has 1 amide bonds. The second kappa shape index (κ2) is 8.39. The Morgan fingerprint density at radius 1 is 1.52 bits per heavy atom. The highest BCUT2D eigenvalue weighted by Gasteiger charge is 2.27. The van der Waals surface area contributed by atoms with Gasteiger partial charge in [0, 0.05) is 25.7 Å². The normalized spacial score (nSPS) is 23.0. The molecule has 0 aromatic rings. The maximum Gasteiger partial charge on any atom is 0.424 e. The number of carbonyl (C=O) groups is 1. The van der Waals surface area contributed by atoms with Crippen molar-refractivity contribution in [2.75, 3.05) is 32.8 Å². The summed E-state index contributed by atoms with van der Waals surface area (Å²) in [6.45, 7) is 8.04. The van der Waals surface area contributed by atoms with Crippen LogP contribution in [0.15, 0.2) is 11.6 Å². The number of hydrogen-bond acceptors (Lipinski definition) is 4. The van der Waals surface area contributed by atoms with Gasteiger partial charge in [-0.1, -0.05) is 25.0 Å². The minimum Gasteiger partial charge on any atom is -0.449 e. The summed E-state index contributed by atoms with van der Waals surface area (Å²) in [5.41, 5.74) is 1.52. The quantitative estimate of drug-likeness (QED) is 0.765. The summed E-state index contributed by atoms with van der Waals surface area (Å²) >= 11 is 0. The van der Waals surface area contributed by atoms with E-state index in [1.54, 1.807) is 5.01 Å². The van der Waals surface area contributed by atoms with Gasteiger partial charge in [-0.05, 0) is 39.2 Å². The van der Waals surface area contributed by atoms with Crippen LogP contribution in [0.1, 0.15) is 46.0 Å². The lowest BCUT2D eigenvalue weighted by molar-refractivity contribution is -0.0174. The molecule has 0 unspecified atom stereocenters. The monoisotopic (exact) mass is 295 g/mol. The first kappa shape index (κ1) is 16.3. The Morgan fingerprint density at radius 3 is 2.95 bits per heavy atom. The van der Waals surface area contributed by atoms with Gasteiger partial charge in [0.1, 0.15) is 0 Å². The van der Waals surface area contributed by atoms with Crippen molar-refractivity contribution < 1.29 is 9.53 Å². The van der Waals surface area contributed by atoms with Crippen LogP contribution in [0.3, 0.4) is 0 Å². The number of amides is 1. The topological polar surface area (TPSA) is 44.8 Å². The van der Waals surface area contributed by atoms with E-state index in [1.807, 2.05) is 6.92 Å². The highest BCUT2D eigenvalue weighted by molar-refractivity contribution is 5.67. The van der Waals surface area contributed by atoms with Crippen LogP contribution in [0.25, 0.3) is 0 Å². The van der Waals surface area contributed by atoms with Crippen LogP contribution in [0.4, 0.5) is 4.79 Å². The molecule has 2 rings (SSSR count). The molecule has 21 heavy (non-hydrogen) atoms. The van der Waals surface area contributed by atoms with E-state index in [0.717, 1.165) is 45.4 Å². The number of unbranched alkanes of at least 4 members (excludes halogenated alkanes) is 1. The molecule has 120 valence electrons. The van der Waals surface area contributed by atoms with Crippen LogP contribution in [0.2, 0.25) is 0 Å². The standard InChI is InChI=1S/C16H29N3O2/c1-3-5-11-19(16(20)21-4-2)18-12-8-14(9-13-18)15-7-6-10-17-15/h8,15,17H,3-7,9-13H2,1-2H3/t15-/m0/s1. The van der Waals surface area contributed by atoms with E-state index in [4.69, 9.17) is 4.74 Å². The second-order valence-corrected chi connectivity index (χ2v) is 5.77. The van der Waals surface area contributed by atoms with Crippen LogP contribution in [-0.2, 0) is 4.74 Å². The molecule has 5 heteroatoms. The molecule has 0 spiro atoms. The summed E-state index contributed by atoms with van der Waals surface area (Å²) in [4.78, 5) is 12.1. The molecule has 0 aromatic heterocycles. The van der Waals surface area contributed by atoms with Gasteiger partial charge in [0.25, 0.3) is 0 Å². The van der Waals surface area contributed by atoms with Crippen molar-refractivity contribution in [1.82, 2.24) is 15.3 Å². The van der Waals surface area contributed by atoms with Gasteiger partial charge in [0.2, 0.25) is 0 Å². The van der Waals surface area contributed by atoms with Gasteiger partial charge in [-0.3, -0.25) is 0 Å². The lowest BCUT2D eigenvalue weighted by atomic mass is 9.99. The van der Waals surface area contributed by atoms with Gasteiger partial charge in [0.15, 0.2) is 0 Å². The van der Waals surface area contributed by atoms with Crippen molar-refractivity contribution in [3.05, 3.63) is 11.6 Å². The van der Waals surface area contributed by atoms with Crippen molar-refractivity contribution in [1.29, 1.82) is 0 Å². The van der Waals surface area contributed by atoms with Crippen molar-refractivity contribution in [2.24, 2.45) is 0 Å². The fourth-order valence-corrected chi connectivity index (χ4v) is 3.06. The number of rotatable bonds is 6. The molecule has 5 nitrogen and oxygen atoms in total. The Hall–Kier alpha value is -1.07. The van der Waals surface area contributed by atoms with E-state index < -0.39 is 0 Å². The van der Waals surface area contributed by atoms with E-state index in [-0.39, 0.29) is 6.09 Å². The van der Waals surface area contributed by atoms with Crippen molar-refractivity contribution in [3.63, 3.8) is 0 Å². The number of ether oxygens (including phenoxy) is 1.